The van der Waals surface area contributed by atoms with Gasteiger partial charge in [-0.3, -0.25) is 14.6 Å². The molecule has 1 amide bonds. The van der Waals surface area contributed by atoms with E-state index in [0.717, 1.165) is 5.69 Å². The smallest absolute Gasteiger partial charge is 0.311 e. The molecule has 1 fully saturated rings. The van der Waals surface area contributed by atoms with Gasteiger partial charge < -0.3 is 15.3 Å². The van der Waals surface area contributed by atoms with Crippen molar-refractivity contribution in [3.8, 4) is 0 Å². The highest BCUT2D eigenvalue weighted by molar-refractivity contribution is 5.93. The van der Waals surface area contributed by atoms with Gasteiger partial charge in [0.1, 0.15) is 5.69 Å². The molecule has 1 aromatic rings. The first kappa shape index (κ1) is 15.3. The third-order valence-electron chi connectivity index (χ3n) is 4.16. The summed E-state index contributed by atoms with van der Waals surface area (Å²) in [5, 5.41) is 12.1. The highest BCUT2D eigenvalue weighted by atomic mass is 16.4. The van der Waals surface area contributed by atoms with E-state index in [2.05, 4.69) is 10.3 Å². The van der Waals surface area contributed by atoms with Gasteiger partial charge in [-0.25, -0.2) is 0 Å². The molecule has 114 valence electrons. The van der Waals surface area contributed by atoms with E-state index in [1.165, 1.54) is 0 Å². The van der Waals surface area contributed by atoms with E-state index in [1.54, 1.807) is 12.3 Å². The fourth-order valence-electron chi connectivity index (χ4n) is 2.70. The van der Waals surface area contributed by atoms with Crippen molar-refractivity contribution in [1.29, 1.82) is 0 Å². The lowest BCUT2D eigenvalue weighted by atomic mass is 9.84. The summed E-state index contributed by atoms with van der Waals surface area (Å²) in [6, 6.07) is 3.54. The Morgan fingerprint density at radius 3 is 2.81 bits per heavy atom. The van der Waals surface area contributed by atoms with E-state index in [9.17, 15) is 14.7 Å². The fourth-order valence-corrected chi connectivity index (χ4v) is 2.70. The molecule has 1 aliphatic rings. The molecular weight excluding hydrogens is 270 g/mol. The number of amides is 1. The first-order valence-electron chi connectivity index (χ1n) is 7.25. The maximum atomic E-state index is 11.8. The van der Waals surface area contributed by atoms with E-state index < -0.39 is 11.4 Å². The SMILES string of the molecule is CCNC(=O)c1cc(N2CCC(CC)(C(=O)O)C2)ccn1. The molecule has 1 atom stereocenters. The number of nitrogens with one attached hydrogen (secondary N) is 1. The zero-order valence-corrected chi connectivity index (χ0v) is 12.4. The van der Waals surface area contributed by atoms with E-state index in [1.807, 2.05) is 24.8 Å². The van der Waals surface area contributed by atoms with Crippen LogP contribution in [0.3, 0.4) is 0 Å². The van der Waals surface area contributed by atoms with Crippen LogP contribution in [0.4, 0.5) is 5.69 Å². The molecule has 6 nitrogen and oxygen atoms in total. The van der Waals surface area contributed by atoms with Crippen LogP contribution in [0.1, 0.15) is 37.2 Å². The minimum absolute atomic E-state index is 0.210. The van der Waals surface area contributed by atoms with Gasteiger partial charge >= 0.3 is 5.97 Å². The van der Waals surface area contributed by atoms with Crippen LogP contribution in [-0.4, -0.2) is 41.6 Å². The Kier molecular flexibility index (Phi) is 4.45. The van der Waals surface area contributed by atoms with Gasteiger partial charge in [0.25, 0.3) is 5.91 Å². The summed E-state index contributed by atoms with van der Waals surface area (Å²) in [4.78, 5) is 29.4. The molecule has 1 aliphatic heterocycles. The van der Waals surface area contributed by atoms with Gasteiger partial charge in [-0.2, -0.15) is 0 Å². The predicted octanol–water partition coefficient (Wildman–Crippen LogP) is 1.52. The molecule has 0 radical (unpaired) electrons. The molecule has 2 N–H and O–H groups in total. The molecule has 0 aromatic carbocycles. The minimum atomic E-state index is -0.745. The number of carbonyl (C=O) groups excluding carboxylic acids is 1. The van der Waals surface area contributed by atoms with Gasteiger partial charge in [0.05, 0.1) is 5.41 Å². The molecule has 1 unspecified atom stereocenters. The number of pyridine rings is 1. The Bertz CT molecular complexity index is 547. The summed E-state index contributed by atoms with van der Waals surface area (Å²) in [5.41, 5.74) is 0.524. The lowest BCUT2D eigenvalue weighted by Crippen LogP contribution is -2.34. The minimum Gasteiger partial charge on any atom is -0.481 e. The van der Waals surface area contributed by atoms with Crippen molar-refractivity contribution in [3.63, 3.8) is 0 Å². The zero-order valence-electron chi connectivity index (χ0n) is 12.4. The van der Waals surface area contributed by atoms with E-state index in [0.29, 0.717) is 38.2 Å². The Balaban J connectivity index is 2.19. The van der Waals surface area contributed by atoms with Crippen LogP contribution in [-0.2, 0) is 4.79 Å². The topological polar surface area (TPSA) is 82.5 Å². The zero-order chi connectivity index (χ0) is 15.5. The Labute approximate surface area is 124 Å². The number of aliphatic carboxylic acids is 1. The maximum Gasteiger partial charge on any atom is 0.311 e. The summed E-state index contributed by atoms with van der Waals surface area (Å²) in [6.07, 6.45) is 2.82. The van der Waals surface area contributed by atoms with E-state index >= 15 is 0 Å². The number of hydrogen-bond acceptors (Lipinski definition) is 4. The molecule has 21 heavy (non-hydrogen) atoms. The van der Waals surface area contributed by atoms with Gasteiger partial charge in [0.2, 0.25) is 0 Å². The third kappa shape index (κ3) is 2.99. The highest BCUT2D eigenvalue weighted by Crippen LogP contribution is 2.36. The van der Waals surface area contributed by atoms with Crippen molar-refractivity contribution in [2.24, 2.45) is 5.41 Å². The number of aromatic nitrogens is 1. The average molecular weight is 291 g/mol. The quantitative estimate of drug-likeness (QED) is 0.859. The van der Waals surface area contributed by atoms with Gasteiger partial charge in [0.15, 0.2) is 0 Å². The summed E-state index contributed by atoms with van der Waals surface area (Å²) < 4.78 is 0. The third-order valence-corrected chi connectivity index (χ3v) is 4.16. The second-order valence-corrected chi connectivity index (χ2v) is 5.37. The van der Waals surface area contributed by atoms with Crippen LogP contribution in [0, 0.1) is 5.41 Å². The maximum absolute atomic E-state index is 11.8. The number of anilines is 1. The lowest BCUT2D eigenvalue weighted by molar-refractivity contribution is -0.147. The molecule has 2 rings (SSSR count). The van der Waals surface area contributed by atoms with Gasteiger partial charge in [0, 0.05) is 31.5 Å². The number of carboxylic acids is 1. The number of carboxylic acid groups (broad SMARTS) is 1. The standard InChI is InChI=1S/C15H21N3O3/c1-3-15(14(20)21)6-8-18(10-15)11-5-7-17-12(9-11)13(19)16-4-2/h5,7,9H,3-4,6,8,10H2,1-2H3,(H,16,19)(H,20,21). The van der Waals surface area contributed by atoms with E-state index in [-0.39, 0.29) is 5.91 Å². The van der Waals surface area contributed by atoms with E-state index in [4.69, 9.17) is 0 Å². The fraction of sp³-hybridized carbons (Fsp3) is 0.533. The van der Waals surface area contributed by atoms with Gasteiger partial charge in [-0.05, 0) is 31.9 Å². The van der Waals surface area contributed by atoms with Gasteiger partial charge in [-0.15, -0.1) is 0 Å². The monoisotopic (exact) mass is 291 g/mol. The van der Waals surface area contributed by atoms with Crippen LogP contribution in [0.15, 0.2) is 18.3 Å². The van der Waals surface area contributed by atoms with Crippen LogP contribution in [0.2, 0.25) is 0 Å². The van der Waals surface area contributed by atoms with Crippen LogP contribution < -0.4 is 10.2 Å². The predicted molar refractivity (Wildman–Crippen MR) is 79.4 cm³/mol. The largest absolute Gasteiger partial charge is 0.481 e. The lowest BCUT2D eigenvalue weighted by Gasteiger charge is -2.24. The molecule has 2 heterocycles. The molecule has 0 aliphatic carbocycles. The molecule has 6 heteroatoms. The number of nitrogens with zero attached hydrogens (tertiary/aromatic N) is 2. The van der Waals surface area contributed by atoms with Crippen molar-refractivity contribution in [2.75, 3.05) is 24.5 Å². The highest BCUT2D eigenvalue weighted by Gasteiger charge is 2.43. The van der Waals surface area contributed by atoms with Crippen LogP contribution >= 0.6 is 0 Å². The molecule has 1 aromatic heterocycles. The average Bonchev–Trinajstić information content (AvgIpc) is 2.93. The Morgan fingerprint density at radius 2 is 2.24 bits per heavy atom. The van der Waals surface area contributed by atoms with Crippen molar-refractivity contribution in [3.05, 3.63) is 24.0 Å². The van der Waals surface area contributed by atoms with Crippen LogP contribution in [0.25, 0.3) is 0 Å². The van der Waals surface area contributed by atoms with Gasteiger partial charge in [-0.1, -0.05) is 6.92 Å². The van der Waals surface area contributed by atoms with Crippen LogP contribution in [0.5, 0.6) is 0 Å². The Hall–Kier alpha value is -2.11. The first-order chi connectivity index (χ1) is 10.0. The normalized spacial score (nSPS) is 21.3. The number of hydrogen-bond donors (Lipinski definition) is 2. The number of rotatable bonds is 5. The Morgan fingerprint density at radius 1 is 1.48 bits per heavy atom. The second-order valence-electron chi connectivity index (χ2n) is 5.37. The summed E-state index contributed by atoms with van der Waals surface area (Å²) >= 11 is 0. The van der Waals surface area contributed by atoms with Crippen molar-refractivity contribution < 1.29 is 14.7 Å². The van der Waals surface area contributed by atoms with Crippen molar-refractivity contribution in [1.82, 2.24) is 10.3 Å². The van der Waals surface area contributed by atoms with Crippen molar-refractivity contribution in [2.45, 2.75) is 26.7 Å². The summed E-state index contributed by atoms with van der Waals surface area (Å²) in [7, 11) is 0. The van der Waals surface area contributed by atoms with Crippen molar-refractivity contribution >= 4 is 17.6 Å². The summed E-state index contributed by atoms with van der Waals surface area (Å²) in [5.74, 6) is -0.955. The summed E-state index contributed by atoms with van der Waals surface area (Å²) in [6.45, 7) is 5.46. The number of carbonyl (C=O) groups is 2. The first-order valence-corrected chi connectivity index (χ1v) is 7.25. The molecular formula is C15H21N3O3. The second kappa shape index (κ2) is 6.11. The molecule has 0 spiro atoms. The molecule has 1 saturated heterocycles. The molecule has 0 saturated carbocycles. The molecule has 0 bridgehead atoms.